The number of imide groups is 1. The second-order valence-corrected chi connectivity index (χ2v) is 4.83. The van der Waals surface area contributed by atoms with Crippen LogP contribution in [0.3, 0.4) is 0 Å². The Bertz CT molecular complexity index is 465. The van der Waals surface area contributed by atoms with Gasteiger partial charge in [-0.25, -0.2) is 4.79 Å². The predicted molar refractivity (Wildman–Crippen MR) is 73.9 cm³/mol. The van der Waals surface area contributed by atoms with E-state index in [2.05, 4.69) is 10.6 Å². The summed E-state index contributed by atoms with van der Waals surface area (Å²) in [5, 5.41) is 7.14. The van der Waals surface area contributed by atoms with Gasteiger partial charge >= 0.3 is 6.03 Å². The van der Waals surface area contributed by atoms with Crippen molar-refractivity contribution in [2.45, 2.75) is 25.9 Å². The van der Waals surface area contributed by atoms with Crippen LogP contribution < -0.4 is 16.0 Å². The van der Waals surface area contributed by atoms with E-state index in [-0.39, 0.29) is 18.0 Å². The van der Waals surface area contributed by atoms with Gasteiger partial charge in [0, 0.05) is 17.6 Å². The van der Waals surface area contributed by atoms with Crippen LogP contribution in [0.4, 0.5) is 4.79 Å². The highest BCUT2D eigenvalue weighted by atomic mass is 35.5. The van der Waals surface area contributed by atoms with Crippen LogP contribution in [-0.4, -0.2) is 25.0 Å². The topological polar surface area (TPSA) is 74.8 Å². The van der Waals surface area contributed by atoms with Crippen molar-refractivity contribution in [3.63, 3.8) is 0 Å². The van der Waals surface area contributed by atoms with Crippen LogP contribution in [0.15, 0.2) is 24.3 Å². The molecule has 1 aromatic rings. The molecule has 0 aromatic heterocycles. The van der Waals surface area contributed by atoms with Gasteiger partial charge in [-0.2, -0.15) is 0 Å². The lowest BCUT2D eigenvalue weighted by Gasteiger charge is -2.16. The zero-order valence-electron chi connectivity index (χ0n) is 11.2. The summed E-state index contributed by atoms with van der Waals surface area (Å²) in [6.07, 6.45) is 0. The molecule has 1 rings (SSSR count). The highest BCUT2D eigenvalue weighted by Crippen LogP contribution is 2.14. The molecule has 0 spiro atoms. The van der Waals surface area contributed by atoms with Crippen LogP contribution in [-0.2, 0) is 4.79 Å². The quantitative estimate of drug-likeness (QED) is 0.765. The Hall–Kier alpha value is -1.59. The van der Waals surface area contributed by atoms with Crippen molar-refractivity contribution >= 4 is 23.5 Å². The smallest absolute Gasteiger partial charge is 0.321 e. The number of urea groups is 1. The molecule has 0 fully saturated rings. The third kappa shape index (κ3) is 4.89. The van der Waals surface area contributed by atoms with Crippen molar-refractivity contribution in [2.24, 2.45) is 0 Å². The van der Waals surface area contributed by atoms with Gasteiger partial charge < -0.3 is 10.6 Å². The molecule has 0 saturated heterocycles. The zero-order chi connectivity index (χ0) is 14.4. The minimum absolute atomic E-state index is 0.0733. The van der Waals surface area contributed by atoms with E-state index in [9.17, 15) is 9.59 Å². The molecule has 2 atom stereocenters. The molecule has 19 heavy (non-hydrogen) atoms. The molecule has 0 radical (unpaired) electrons. The first-order valence-electron chi connectivity index (χ1n) is 6.07. The second kappa shape index (κ2) is 7.11. The van der Waals surface area contributed by atoms with Crippen molar-refractivity contribution in [3.05, 3.63) is 34.9 Å². The molecule has 5 nitrogen and oxygen atoms in total. The lowest BCUT2D eigenvalue weighted by atomic mass is 10.1. The van der Waals surface area contributed by atoms with Gasteiger partial charge in [0.2, 0.25) is 0 Å². The Morgan fingerprint density at radius 2 is 2.00 bits per heavy atom. The van der Waals surface area contributed by atoms with Crippen molar-refractivity contribution < 1.29 is 14.9 Å². The number of amides is 3. The number of nitrogens with one attached hydrogen (secondary N) is 2. The summed E-state index contributed by atoms with van der Waals surface area (Å²) in [5.41, 5.74) is 1.03. The van der Waals surface area contributed by atoms with E-state index in [1.54, 1.807) is 13.0 Å². The molecule has 4 N–H and O–H groups in total. The van der Waals surface area contributed by atoms with E-state index >= 15 is 0 Å². The number of quaternary nitrogens is 1. The third-order valence-corrected chi connectivity index (χ3v) is 3.06. The highest BCUT2D eigenvalue weighted by Gasteiger charge is 2.21. The van der Waals surface area contributed by atoms with Crippen LogP contribution in [0.5, 0.6) is 0 Å². The van der Waals surface area contributed by atoms with E-state index in [4.69, 9.17) is 11.6 Å². The summed E-state index contributed by atoms with van der Waals surface area (Å²) in [6.45, 7) is 3.73. The zero-order valence-corrected chi connectivity index (χ0v) is 12.0. The van der Waals surface area contributed by atoms with E-state index < -0.39 is 6.03 Å². The lowest BCUT2D eigenvalue weighted by molar-refractivity contribution is -0.710. The Morgan fingerprint density at radius 3 is 2.58 bits per heavy atom. The Balaban J connectivity index is 2.58. The van der Waals surface area contributed by atoms with Crippen LogP contribution in [0, 0.1) is 0 Å². The molecule has 0 aliphatic carbocycles. The van der Waals surface area contributed by atoms with Crippen molar-refractivity contribution in [1.82, 2.24) is 10.6 Å². The number of benzene rings is 1. The van der Waals surface area contributed by atoms with Gasteiger partial charge in [-0.3, -0.25) is 10.1 Å². The summed E-state index contributed by atoms with van der Waals surface area (Å²) in [5.74, 6) is -0.326. The second-order valence-electron chi connectivity index (χ2n) is 4.39. The van der Waals surface area contributed by atoms with Crippen LogP contribution in [0.2, 0.25) is 5.02 Å². The lowest BCUT2D eigenvalue weighted by Crippen LogP contribution is -2.92. The standard InChI is InChI=1S/C13H18ClN3O2/c1-8(10-5-4-6-11(14)7-10)16-9(2)12(18)17-13(19)15-3/h4-9,16H,1-3H3,(H2,15,17,18,19)/p+1/t8-,9+/m1/s1. The van der Waals surface area contributed by atoms with Gasteiger partial charge in [0.1, 0.15) is 6.04 Å². The largest absolute Gasteiger partial charge is 0.341 e. The van der Waals surface area contributed by atoms with Gasteiger partial charge in [-0.05, 0) is 26.0 Å². The molecule has 0 aliphatic rings. The average Bonchev–Trinajstić information content (AvgIpc) is 2.38. The first-order chi connectivity index (χ1) is 8.93. The Morgan fingerprint density at radius 1 is 1.32 bits per heavy atom. The van der Waals surface area contributed by atoms with Crippen LogP contribution in [0.25, 0.3) is 0 Å². The summed E-state index contributed by atoms with van der Waals surface area (Å²) in [7, 11) is 1.46. The molecule has 104 valence electrons. The fraction of sp³-hybridized carbons (Fsp3) is 0.385. The fourth-order valence-electron chi connectivity index (χ4n) is 1.71. The van der Waals surface area contributed by atoms with E-state index in [0.717, 1.165) is 5.56 Å². The molecule has 0 saturated carbocycles. The minimum Gasteiger partial charge on any atom is -0.341 e. The number of carbonyl (C=O) groups excluding carboxylic acids is 2. The number of nitrogens with two attached hydrogens (primary N) is 1. The molecule has 6 heteroatoms. The Labute approximate surface area is 117 Å². The minimum atomic E-state index is -0.499. The van der Waals surface area contributed by atoms with E-state index in [1.807, 2.05) is 30.4 Å². The molecule has 0 aliphatic heterocycles. The maximum atomic E-state index is 11.7. The van der Waals surface area contributed by atoms with Crippen molar-refractivity contribution in [1.29, 1.82) is 0 Å². The first-order valence-corrected chi connectivity index (χ1v) is 6.45. The molecule has 1 aromatic carbocycles. The van der Waals surface area contributed by atoms with E-state index in [0.29, 0.717) is 5.02 Å². The van der Waals surface area contributed by atoms with Crippen molar-refractivity contribution in [2.75, 3.05) is 7.05 Å². The van der Waals surface area contributed by atoms with Gasteiger partial charge in [0.25, 0.3) is 5.91 Å². The summed E-state index contributed by atoms with van der Waals surface area (Å²) >= 11 is 5.93. The van der Waals surface area contributed by atoms with Crippen molar-refractivity contribution in [3.8, 4) is 0 Å². The van der Waals surface area contributed by atoms with Crippen LogP contribution >= 0.6 is 11.6 Å². The summed E-state index contributed by atoms with van der Waals surface area (Å²) in [4.78, 5) is 22.8. The van der Waals surface area contributed by atoms with Gasteiger partial charge in [-0.15, -0.1) is 0 Å². The maximum absolute atomic E-state index is 11.7. The summed E-state index contributed by atoms with van der Waals surface area (Å²) < 4.78 is 0. The molecule has 0 bridgehead atoms. The molecule has 0 unspecified atom stereocenters. The normalized spacial score (nSPS) is 13.5. The number of hydrogen-bond donors (Lipinski definition) is 3. The monoisotopic (exact) mass is 284 g/mol. The number of hydrogen-bond acceptors (Lipinski definition) is 2. The maximum Gasteiger partial charge on any atom is 0.321 e. The number of halogens is 1. The SMILES string of the molecule is CNC(=O)NC(=O)[C@H](C)[NH2+][C@H](C)c1cccc(Cl)c1. The highest BCUT2D eigenvalue weighted by molar-refractivity contribution is 6.30. The fourth-order valence-corrected chi connectivity index (χ4v) is 1.91. The third-order valence-electron chi connectivity index (χ3n) is 2.83. The van der Waals surface area contributed by atoms with E-state index in [1.165, 1.54) is 7.05 Å². The van der Waals surface area contributed by atoms with Gasteiger partial charge in [0.15, 0.2) is 6.04 Å². The predicted octanol–water partition coefficient (Wildman–Crippen LogP) is 0.808. The van der Waals surface area contributed by atoms with Gasteiger partial charge in [-0.1, -0.05) is 23.7 Å². The summed E-state index contributed by atoms with van der Waals surface area (Å²) in [6, 6.07) is 6.70. The number of rotatable bonds is 4. The van der Waals surface area contributed by atoms with Gasteiger partial charge in [0.05, 0.1) is 0 Å². The Kier molecular flexibility index (Phi) is 5.79. The molecule has 0 heterocycles. The molecular formula is C13H19ClN3O2+. The average molecular weight is 285 g/mol. The first kappa shape index (κ1) is 15.5. The van der Waals surface area contributed by atoms with Crippen LogP contribution in [0.1, 0.15) is 25.5 Å². The molecule has 3 amide bonds. The molecular weight excluding hydrogens is 266 g/mol. The number of carbonyl (C=O) groups is 2.